The molecule has 0 aliphatic carbocycles. The molecule has 7 nitrogen and oxygen atoms in total. The van der Waals surface area contributed by atoms with E-state index in [1.54, 1.807) is 23.1 Å². The first-order valence-electron chi connectivity index (χ1n) is 10.7. The van der Waals surface area contributed by atoms with Crippen molar-refractivity contribution in [3.05, 3.63) is 83.4 Å². The Hall–Kier alpha value is -3.49. The van der Waals surface area contributed by atoms with Crippen molar-refractivity contribution in [2.75, 3.05) is 17.2 Å². The van der Waals surface area contributed by atoms with Crippen molar-refractivity contribution >= 4 is 51.9 Å². The van der Waals surface area contributed by atoms with Crippen molar-refractivity contribution < 1.29 is 14.3 Å². The van der Waals surface area contributed by atoms with Crippen LogP contribution in [0.25, 0.3) is 11.0 Å². The maximum Gasteiger partial charge on any atom is 0.260 e. The SMILES string of the molecule is NC(=O)[C@H]1CN(C(=O)CSc2nc3cc(Cl)ccc3n2Cc2ccccc2)c2ccccc2O1. The Morgan fingerprint density at radius 1 is 1.09 bits per heavy atom. The number of carbonyl (C=O) groups is 2. The Kier molecular flexibility index (Phi) is 6.17. The fraction of sp³-hybridized carbons (Fsp3) is 0.160. The lowest BCUT2D eigenvalue weighted by molar-refractivity contribution is -0.125. The third kappa shape index (κ3) is 4.47. The predicted molar refractivity (Wildman–Crippen MR) is 133 cm³/mol. The smallest absolute Gasteiger partial charge is 0.260 e. The zero-order valence-electron chi connectivity index (χ0n) is 18.1. The molecule has 0 fully saturated rings. The third-order valence-corrected chi connectivity index (χ3v) is 6.77. The van der Waals surface area contributed by atoms with Crippen LogP contribution in [0, 0.1) is 0 Å². The van der Waals surface area contributed by atoms with Gasteiger partial charge >= 0.3 is 0 Å². The van der Waals surface area contributed by atoms with Gasteiger partial charge in [-0.05, 0) is 35.9 Å². The normalized spacial score (nSPS) is 15.1. The second-order valence-corrected chi connectivity index (χ2v) is 9.25. The number of halogens is 1. The highest BCUT2D eigenvalue weighted by Gasteiger charge is 2.32. The van der Waals surface area contributed by atoms with Gasteiger partial charge in [0.25, 0.3) is 5.91 Å². The van der Waals surface area contributed by atoms with Gasteiger partial charge in [-0.15, -0.1) is 0 Å². The van der Waals surface area contributed by atoms with Gasteiger partial charge in [0, 0.05) is 5.02 Å². The molecular formula is C25H21ClN4O3S. The molecule has 2 N–H and O–H groups in total. The van der Waals surface area contributed by atoms with Crippen molar-refractivity contribution in [1.29, 1.82) is 0 Å². The summed E-state index contributed by atoms with van der Waals surface area (Å²) in [6.07, 6.45) is -0.895. The Balaban J connectivity index is 1.42. The zero-order chi connectivity index (χ0) is 23.7. The first kappa shape index (κ1) is 22.3. The van der Waals surface area contributed by atoms with E-state index in [2.05, 4.69) is 16.7 Å². The highest BCUT2D eigenvalue weighted by Crippen LogP contribution is 2.34. The van der Waals surface area contributed by atoms with Crippen molar-refractivity contribution in [3.63, 3.8) is 0 Å². The Morgan fingerprint density at radius 3 is 2.65 bits per heavy atom. The van der Waals surface area contributed by atoms with E-state index in [4.69, 9.17) is 27.1 Å². The summed E-state index contributed by atoms with van der Waals surface area (Å²) in [5.41, 5.74) is 8.92. The molecule has 4 aromatic rings. The van der Waals surface area contributed by atoms with Crippen LogP contribution in [0.2, 0.25) is 5.02 Å². The average molecular weight is 493 g/mol. The summed E-state index contributed by atoms with van der Waals surface area (Å²) >= 11 is 7.53. The minimum atomic E-state index is -0.895. The molecule has 5 rings (SSSR count). The third-order valence-electron chi connectivity index (χ3n) is 5.58. The highest BCUT2D eigenvalue weighted by molar-refractivity contribution is 7.99. The number of imidazole rings is 1. The average Bonchev–Trinajstić information content (AvgIpc) is 3.18. The van der Waals surface area contributed by atoms with Gasteiger partial charge in [-0.3, -0.25) is 9.59 Å². The molecule has 3 aromatic carbocycles. The molecule has 1 atom stereocenters. The number of anilines is 1. The molecule has 0 bridgehead atoms. The number of thioether (sulfide) groups is 1. The summed E-state index contributed by atoms with van der Waals surface area (Å²) in [5, 5.41) is 1.31. The van der Waals surface area contributed by atoms with Gasteiger partial charge in [0.05, 0.1) is 35.6 Å². The molecule has 1 aliphatic heterocycles. The summed E-state index contributed by atoms with van der Waals surface area (Å²) in [7, 11) is 0. The summed E-state index contributed by atoms with van der Waals surface area (Å²) in [4.78, 5) is 31.4. The first-order chi connectivity index (χ1) is 16.5. The largest absolute Gasteiger partial charge is 0.477 e. The lowest BCUT2D eigenvalue weighted by atomic mass is 10.2. The fourth-order valence-electron chi connectivity index (χ4n) is 3.93. The van der Waals surface area contributed by atoms with Gasteiger partial charge in [0.1, 0.15) is 5.75 Å². The van der Waals surface area contributed by atoms with Crippen LogP contribution < -0.4 is 15.4 Å². The van der Waals surface area contributed by atoms with Gasteiger partial charge in [-0.2, -0.15) is 0 Å². The van der Waals surface area contributed by atoms with Crippen molar-refractivity contribution in [2.45, 2.75) is 17.8 Å². The predicted octanol–water partition coefficient (Wildman–Crippen LogP) is 4.11. The van der Waals surface area contributed by atoms with Crippen molar-refractivity contribution in [3.8, 4) is 5.75 Å². The first-order valence-corrected chi connectivity index (χ1v) is 12.0. The quantitative estimate of drug-likeness (QED) is 0.409. The highest BCUT2D eigenvalue weighted by atomic mass is 35.5. The maximum atomic E-state index is 13.3. The molecular weight excluding hydrogens is 472 g/mol. The van der Waals surface area contributed by atoms with Crippen LogP contribution in [-0.4, -0.2) is 39.8 Å². The van der Waals surface area contributed by atoms with Crippen LogP contribution in [0.1, 0.15) is 5.56 Å². The molecule has 0 spiro atoms. The number of primary amides is 1. The van der Waals surface area contributed by atoms with E-state index in [1.165, 1.54) is 11.8 Å². The number of fused-ring (bicyclic) bond motifs is 2. The number of rotatable bonds is 6. The molecule has 172 valence electrons. The van der Waals surface area contributed by atoms with Gasteiger partial charge < -0.3 is 19.9 Å². The lowest BCUT2D eigenvalue weighted by Gasteiger charge is -2.33. The molecule has 0 radical (unpaired) electrons. The molecule has 34 heavy (non-hydrogen) atoms. The number of hydrogen-bond donors (Lipinski definition) is 1. The minimum Gasteiger partial charge on any atom is -0.477 e. The van der Waals surface area contributed by atoms with Gasteiger partial charge in [0.2, 0.25) is 5.91 Å². The van der Waals surface area contributed by atoms with E-state index >= 15 is 0 Å². The van der Waals surface area contributed by atoms with E-state index < -0.39 is 12.0 Å². The zero-order valence-corrected chi connectivity index (χ0v) is 19.6. The Bertz CT molecular complexity index is 1380. The molecule has 2 amide bonds. The van der Waals surface area contributed by atoms with E-state index in [0.29, 0.717) is 28.2 Å². The Morgan fingerprint density at radius 2 is 1.85 bits per heavy atom. The summed E-state index contributed by atoms with van der Waals surface area (Å²) in [5.74, 6) is -0.183. The number of para-hydroxylation sites is 2. The molecule has 1 aromatic heterocycles. The Labute approximate surface area is 205 Å². The number of benzene rings is 3. The fourth-order valence-corrected chi connectivity index (χ4v) is 4.99. The molecule has 0 unspecified atom stereocenters. The van der Waals surface area contributed by atoms with Crippen LogP contribution >= 0.6 is 23.4 Å². The van der Waals surface area contributed by atoms with Crippen LogP contribution in [-0.2, 0) is 16.1 Å². The number of amides is 2. The van der Waals surface area contributed by atoms with Crippen LogP contribution in [0.5, 0.6) is 5.75 Å². The molecule has 9 heteroatoms. The standard InChI is InChI=1S/C25H21ClN4O3S/c26-17-10-11-19-18(12-17)28-25(30(19)13-16-6-2-1-3-7-16)34-15-23(31)29-14-22(24(27)32)33-21-9-5-4-8-20(21)29/h1-12,22H,13-15H2,(H2,27,32)/t22-/m1/s1. The summed E-state index contributed by atoms with van der Waals surface area (Å²) in [6, 6.07) is 22.8. The van der Waals surface area contributed by atoms with Crippen LogP contribution in [0.3, 0.4) is 0 Å². The topological polar surface area (TPSA) is 90.5 Å². The van der Waals surface area contributed by atoms with Crippen molar-refractivity contribution in [2.24, 2.45) is 5.73 Å². The second-order valence-electron chi connectivity index (χ2n) is 7.87. The van der Waals surface area contributed by atoms with Gasteiger partial charge in [-0.25, -0.2) is 4.98 Å². The number of carbonyl (C=O) groups excluding carboxylic acids is 2. The van der Waals surface area contributed by atoms with Crippen LogP contribution in [0.4, 0.5) is 5.69 Å². The van der Waals surface area contributed by atoms with Gasteiger partial charge in [0.15, 0.2) is 11.3 Å². The number of ether oxygens (including phenoxy) is 1. The number of nitrogens with zero attached hydrogens (tertiary/aromatic N) is 3. The number of nitrogens with two attached hydrogens (primary N) is 1. The number of hydrogen-bond acceptors (Lipinski definition) is 5. The van der Waals surface area contributed by atoms with E-state index in [1.807, 2.05) is 42.5 Å². The summed E-state index contributed by atoms with van der Waals surface area (Å²) in [6.45, 7) is 0.682. The van der Waals surface area contributed by atoms with E-state index in [0.717, 1.165) is 16.6 Å². The molecule has 2 heterocycles. The van der Waals surface area contributed by atoms with Crippen molar-refractivity contribution in [1.82, 2.24) is 9.55 Å². The maximum absolute atomic E-state index is 13.3. The molecule has 0 saturated heterocycles. The van der Waals surface area contributed by atoms with Gasteiger partial charge in [-0.1, -0.05) is 65.8 Å². The van der Waals surface area contributed by atoms with E-state index in [-0.39, 0.29) is 18.2 Å². The number of aromatic nitrogens is 2. The monoisotopic (exact) mass is 492 g/mol. The van der Waals surface area contributed by atoms with Crippen LogP contribution in [0.15, 0.2) is 78.0 Å². The second kappa shape index (κ2) is 9.40. The lowest BCUT2D eigenvalue weighted by Crippen LogP contribution is -2.49. The molecule has 1 aliphatic rings. The molecule has 0 saturated carbocycles. The summed E-state index contributed by atoms with van der Waals surface area (Å²) < 4.78 is 7.75. The van der Waals surface area contributed by atoms with E-state index in [9.17, 15) is 9.59 Å². The minimum absolute atomic E-state index is 0.0712.